The maximum Gasteiger partial charge on any atom is 0.335 e. The number of nitrogens with one attached hydrogen (secondary N) is 1. The van der Waals surface area contributed by atoms with Crippen molar-refractivity contribution in [1.82, 2.24) is 0 Å². The number of aromatic carboxylic acids is 1. The first kappa shape index (κ1) is 12.0. The van der Waals surface area contributed by atoms with Gasteiger partial charge < -0.3 is 10.4 Å². The van der Waals surface area contributed by atoms with Crippen LogP contribution < -0.4 is 5.32 Å². The molecule has 1 saturated carbocycles. The summed E-state index contributed by atoms with van der Waals surface area (Å²) >= 11 is 0. The molecule has 3 heteroatoms. The largest absolute Gasteiger partial charge is 0.478 e. The molecule has 1 unspecified atom stereocenters. The third-order valence-electron chi connectivity index (χ3n) is 3.31. The van der Waals surface area contributed by atoms with Crippen molar-refractivity contribution >= 4 is 11.7 Å². The highest BCUT2D eigenvalue weighted by Crippen LogP contribution is 2.34. The van der Waals surface area contributed by atoms with Crippen LogP contribution in [0.3, 0.4) is 0 Å². The van der Waals surface area contributed by atoms with E-state index in [2.05, 4.69) is 12.2 Å². The van der Waals surface area contributed by atoms with Crippen molar-refractivity contribution < 1.29 is 9.90 Å². The third kappa shape index (κ3) is 3.48. The molecule has 2 rings (SSSR count). The van der Waals surface area contributed by atoms with Crippen LogP contribution in [-0.2, 0) is 0 Å². The second kappa shape index (κ2) is 5.21. The minimum absolute atomic E-state index is 0.339. The van der Waals surface area contributed by atoms with Crippen LogP contribution in [0.4, 0.5) is 5.69 Å². The van der Waals surface area contributed by atoms with Gasteiger partial charge in [0.1, 0.15) is 0 Å². The predicted octanol–water partition coefficient (Wildman–Crippen LogP) is 3.38. The van der Waals surface area contributed by atoms with Crippen molar-refractivity contribution in [2.45, 2.75) is 38.6 Å². The molecule has 1 aliphatic carbocycles. The van der Waals surface area contributed by atoms with Crippen molar-refractivity contribution in [3.63, 3.8) is 0 Å². The normalized spacial score (nSPS) is 16.5. The van der Waals surface area contributed by atoms with Crippen LogP contribution in [0.25, 0.3) is 0 Å². The molecule has 2 N–H and O–H groups in total. The lowest BCUT2D eigenvalue weighted by Gasteiger charge is -2.18. The summed E-state index contributed by atoms with van der Waals surface area (Å²) < 4.78 is 0. The van der Waals surface area contributed by atoms with Crippen LogP contribution in [0.15, 0.2) is 24.3 Å². The second-order valence-corrected chi connectivity index (χ2v) is 4.81. The maximum atomic E-state index is 10.7. The standard InChI is InChI=1S/C14H19NO2/c1-2-12(9-10-3-4-10)15-13-7-5-11(6-8-13)14(16)17/h5-8,10,12,15H,2-4,9H2,1H3,(H,16,17). The van der Waals surface area contributed by atoms with E-state index in [4.69, 9.17) is 5.11 Å². The van der Waals surface area contributed by atoms with Crippen LogP contribution in [-0.4, -0.2) is 17.1 Å². The average Bonchev–Trinajstić information content (AvgIpc) is 3.13. The number of hydrogen-bond acceptors (Lipinski definition) is 2. The Balaban J connectivity index is 1.94. The Morgan fingerprint density at radius 2 is 2.06 bits per heavy atom. The van der Waals surface area contributed by atoms with Gasteiger partial charge in [-0.2, -0.15) is 0 Å². The lowest BCUT2D eigenvalue weighted by atomic mass is 10.1. The Morgan fingerprint density at radius 3 is 2.53 bits per heavy atom. The molecule has 0 aliphatic heterocycles. The zero-order chi connectivity index (χ0) is 12.3. The summed E-state index contributed by atoms with van der Waals surface area (Å²) in [5.74, 6) is 0.0346. The minimum Gasteiger partial charge on any atom is -0.478 e. The van der Waals surface area contributed by atoms with Crippen LogP contribution in [0, 0.1) is 5.92 Å². The summed E-state index contributed by atoms with van der Waals surface area (Å²) in [5.41, 5.74) is 1.35. The van der Waals surface area contributed by atoms with Crippen LogP contribution in [0.2, 0.25) is 0 Å². The van der Waals surface area contributed by atoms with Crippen molar-refractivity contribution in [1.29, 1.82) is 0 Å². The summed E-state index contributed by atoms with van der Waals surface area (Å²) in [6, 6.07) is 7.50. The molecule has 0 amide bonds. The third-order valence-corrected chi connectivity index (χ3v) is 3.31. The van der Waals surface area contributed by atoms with Crippen LogP contribution in [0.5, 0.6) is 0 Å². The molecule has 0 heterocycles. The first-order valence-corrected chi connectivity index (χ1v) is 6.29. The minimum atomic E-state index is -0.874. The summed E-state index contributed by atoms with van der Waals surface area (Å²) in [5, 5.41) is 12.3. The van der Waals surface area contributed by atoms with E-state index in [-0.39, 0.29) is 0 Å². The summed E-state index contributed by atoms with van der Waals surface area (Å²) in [4.78, 5) is 10.7. The van der Waals surface area contributed by atoms with Crippen molar-refractivity contribution in [2.24, 2.45) is 5.92 Å². The van der Waals surface area contributed by atoms with Gasteiger partial charge in [-0.15, -0.1) is 0 Å². The highest BCUT2D eigenvalue weighted by Gasteiger charge is 2.24. The van der Waals surface area contributed by atoms with E-state index in [9.17, 15) is 4.79 Å². The Bertz CT molecular complexity index is 382. The van der Waals surface area contributed by atoms with E-state index in [1.54, 1.807) is 12.1 Å². The Hall–Kier alpha value is -1.51. The molecular formula is C14H19NO2. The van der Waals surface area contributed by atoms with Crippen molar-refractivity contribution in [2.75, 3.05) is 5.32 Å². The van der Waals surface area contributed by atoms with Gasteiger partial charge in [0.2, 0.25) is 0 Å². The average molecular weight is 233 g/mol. The fourth-order valence-electron chi connectivity index (χ4n) is 2.03. The Kier molecular flexibility index (Phi) is 3.67. The first-order valence-electron chi connectivity index (χ1n) is 6.29. The van der Waals surface area contributed by atoms with Gasteiger partial charge in [0, 0.05) is 11.7 Å². The van der Waals surface area contributed by atoms with Gasteiger partial charge in [-0.05, 0) is 43.0 Å². The quantitative estimate of drug-likeness (QED) is 0.792. The Labute approximate surface area is 102 Å². The summed E-state index contributed by atoms with van der Waals surface area (Å²) in [6.45, 7) is 2.19. The van der Waals surface area contributed by atoms with E-state index in [0.29, 0.717) is 11.6 Å². The highest BCUT2D eigenvalue weighted by molar-refractivity contribution is 5.87. The van der Waals surface area contributed by atoms with Gasteiger partial charge in [-0.25, -0.2) is 4.79 Å². The fourth-order valence-corrected chi connectivity index (χ4v) is 2.03. The molecule has 0 bridgehead atoms. The van der Waals surface area contributed by atoms with Crippen molar-refractivity contribution in [3.05, 3.63) is 29.8 Å². The fraction of sp³-hybridized carbons (Fsp3) is 0.500. The SMILES string of the molecule is CCC(CC1CC1)Nc1ccc(C(=O)O)cc1. The molecule has 3 nitrogen and oxygen atoms in total. The van der Waals surface area contributed by atoms with E-state index in [1.807, 2.05) is 12.1 Å². The lowest BCUT2D eigenvalue weighted by Crippen LogP contribution is -2.19. The summed E-state index contributed by atoms with van der Waals surface area (Å²) in [6.07, 6.45) is 5.08. The van der Waals surface area contributed by atoms with Gasteiger partial charge in [-0.3, -0.25) is 0 Å². The van der Waals surface area contributed by atoms with Crippen molar-refractivity contribution in [3.8, 4) is 0 Å². The van der Waals surface area contributed by atoms with E-state index < -0.39 is 5.97 Å². The number of anilines is 1. The molecule has 92 valence electrons. The van der Waals surface area contributed by atoms with Gasteiger partial charge >= 0.3 is 5.97 Å². The molecule has 0 aromatic heterocycles. The molecule has 1 aromatic rings. The predicted molar refractivity (Wildman–Crippen MR) is 68.4 cm³/mol. The molecular weight excluding hydrogens is 214 g/mol. The number of carboxylic acids is 1. The Morgan fingerprint density at radius 1 is 1.41 bits per heavy atom. The number of rotatable bonds is 6. The first-order chi connectivity index (χ1) is 8.19. The number of carboxylic acid groups (broad SMARTS) is 1. The lowest BCUT2D eigenvalue weighted by molar-refractivity contribution is 0.0697. The monoisotopic (exact) mass is 233 g/mol. The second-order valence-electron chi connectivity index (χ2n) is 4.81. The van der Waals surface area contributed by atoms with Crippen LogP contribution in [0.1, 0.15) is 43.0 Å². The van der Waals surface area contributed by atoms with E-state index in [0.717, 1.165) is 18.0 Å². The van der Waals surface area contributed by atoms with Gasteiger partial charge in [0.15, 0.2) is 0 Å². The molecule has 1 aromatic carbocycles. The molecule has 1 atom stereocenters. The summed E-state index contributed by atoms with van der Waals surface area (Å²) in [7, 11) is 0. The van der Waals surface area contributed by atoms with Gasteiger partial charge in [-0.1, -0.05) is 19.8 Å². The zero-order valence-corrected chi connectivity index (χ0v) is 10.1. The number of hydrogen-bond donors (Lipinski definition) is 2. The maximum absolute atomic E-state index is 10.7. The molecule has 1 fully saturated rings. The molecule has 0 saturated heterocycles. The molecule has 0 spiro atoms. The molecule has 17 heavy (non-hydrogen) atoms. The molecule has 1 aliphatic rings. The highest BCUT2D eigenvalue weighted by atomic mass is 16.4. The smallest absolute Gasteiger partial charge is 0.335 e. The van der Waals surface area contributed by atoms with Gasteiger partial charge in [0.05, 0.1) is 5.56 Å². The van der Waals surface area contributed by atoms with Crippen LogP contribution >= 0.6 is 0 Å². The number of carbonyl (C=O) groups is 1. The number of benzene rings is 1. The van der Waals surface area contributed by atoms with E-state index >= 15 is 0 Å². The van der Waals surface area contributed by atoms with Gasteiger partial charge in [0.25, 0.3) is 0 Å². The zero-order valence-electron chi connectivity index (χ0n) is 10.1. The molecule has 0 radical (unpaired) electrons. The topological polar surface area (TPSA) is 49.3 Å². The van der Waals surface area contributed by atoms with E-state index in [1.165, 1.54) is 19.3 Å².